The highest BCUT2D eigenvalue weighted by Crippen LogP contribution is 2.22. The Bertz CT molecular complexity index is 407. The molecule has 0 N–H and O–H groups in total. The van der Waals surface area contributed by atoms with Gasteiger partial charge in [0.15, 0.2) is 0 Å². The van der Waals surface area contributed by atoms with E-state index in [1.807, 2.05) is 6.07 Å². The molecule has 14 heavy (non-hydrogen) atoms. The number of benzene rings is 1. The summed E-state index contributed by atoms with van der Waals surface area (Å²) in [6, 6.07) is 6.15. The average molecular weight is 191 g/mol. The second-order valence-electron chi connectivity index (χ2n) is 2.96. The Kier molecular flexibility index (Phi) is 2.67. The minimum absolute atomic E-state index is 0.0628. The Hall–Kier alpha value is -2.09. The molecule has 0 aromatic heterocycles. The Morgan fingerprint density at radius 1 is 1.50 bits per heavy atom. The number of nitro groups is 1. The van der Waals surface area contributed by atoms with Crippen LogP contribution >= 0.6 is 0 Å². The zero-order chi connectivity index (χ0) is 10.7. The molecule has 0 bridgehead atoms. The molecule has 0 fully saturated rings. The number of hydrogen-bond acceptors (Lipinski definition) is 4. The summed E-state index contributed by atoms with van der Waals surface area (Å²) in [6.07, 6.45) is 0. The molecule has 72 valence electrons. The molecule has 0 amide bonds. The Balaban J connectivity index is 3.27. The first-order valence-corrected chi connectivity index (χ1v) is 3.92. The normalized spacial score (nSPS) is 9.21. The van der Waals surface area contributed by atoms with Crippen molar-refractivity contribution in [1.29, 1.82) is 5.26 Å². The van der Waals surface area contributed by atoms with Crippen LogP contribution in [0.5, 0.6) is 0 Å². The molecule has 0 aliphatic carbocycles. The third-order valence-electron chi connectivity index (χ3n) is 1.79. The van der Waals surface area contributed by atoms with Crippen molar-refractivity contribution in [2.75, 3.05) is 19.0 Å². The van der Waals surface area contributed by atoms with Gasteiger partial charge >= 0.3 is 0 Å². The van der Waals surface area contributed by atoms with Crippen molar-refractivity contribution in [3.63, 3.8) is 0 Å². The van der Waals surface area contributed by atoms with E-state index >= 15 is 0 Å². The third kappa shape index (κ3) is 1.80. The lowest BCUT2D eigenvalue weighted by molar-refractivity contribution is -0.384. The second kappa shape index (κ2) is 3.75. The first-order valence-electron chi connectivity index (χ1n) is 3.92. The minimum Gasteiger partial charge on any atom is -0.377 e. The number of nitro benzene ring substituents is 1. The Labute approximate surface area is 81.3 Å². The molecule has 0 saturated heterocycles. The summed E-state index contributed by atoms with van der Waals surface area (Å²) in [5.41, 5.74) is 0.925. The number of hydrogen-bond donors (Lipinski definition) is 0. The molecular weight excluding hydrogens is 182 g/mol. The van der Waals surface area contributed by atoms with Crippen molar-refractivity contribution >= 4 is 11.4 Å². The van der Waals surface area contributed by atoms with Gasteiger partial charge in [-0.2, -0.15) is 5.26 Å². The number of anilines is 1. The van der Waals surface area contributed by atoms with Crippen LogP contribution in [0.25, 0.3) is 0 Å². The van der Waals surface area contributed by atoms with E-state index in [-0.39, 0.29) is 5.69 Å². The van der Waals surface area contributed by atoms with Crippen molar-refractivity contribution in [2.45, 2.75) is 0 Å². The molecule has 1 aromatic carbocycles. The van der Waals surface area contributed by atoms with Crippen LogP contribution in [-0.4, -0.2) is 19.0 Å². The fourth-order valence-electron chi connectivity index (χ4n) is 1.12. The highest BCUT2D eigenvalue weighted by Gasteiger charge is 2.11. The van der Waals surface area contributed by atoms with Gasteiger partial charge in [-0.15, -0.1) is 0 Å². The molecule has 0 aliphatic rings. The molecule has 0 unspecified atom stereocenters. The first-order chi connectivity index (χ1) is 6.56. The number of non-ortho nitro benzene ring substituents is 1. The summed E-state index contributed by atoms with van der Waals surface area (Å²) in [4.78, 5) is 11.7. The van der Waals surface area contributed by atoms with Gasteiger partial charge in [0.05, 0.1) is 16.2 Å². The predicted molar refractivity (Wildman–Crippen MR) is 52.1 cm³/mol. The van der Waals surface area contributed by atoms with E-state index in [1.165, 1.54) is 12.1 Å². The molecule has 5 heteroatoms. The van der Waals surface area contributed by atoms with Gasteiger partial charge in [0.25, 0.3) is 5.69 Å². The van der Waals surface area contributed by atoms with Crippen LogP contribution in [0.2, 0.25) is 0 Å². The van der Waals surface area contributed by atoms with Crippen LogP contribution in [0, 0.1) is 21.4 Å². The molecule has 1 rings (SSSR count). The fraction of sp³-hybridized carbons (Fsp3) is 0.222. The summed E-state index contributed by atoms with van der Waals surface area (Å²) in [6.45, 7) is 0. The molecule has 0 spiro atoms. The molecule has 0 radical (unpaired) electrons. The van der Waals surface area contributed by atoms with E-state index in [2.05, 4.69) is 0 Å². The van der Waals surface area contributed by atoms with Gasteiger partial charge in [0.2, 0.25) is 0 Å². The molecule has 0 atom stereocenters. The van der Waals surface area contributed by atoms with Gasteiger partial charge < -0.3 is 4.90 Å². The Morgan fingerprint density at radius 3 is 2.57 bits per heavy atom. The van der Waals surface area contributed by atoms with E-state index in [1.54, 1.807) is 25.1 Å². The van der Waals surface area contributed by atoms with Crippen molar-refractivity contribution in [3.8, 4) is 6.07 Å². The van der Waals surface area contributed by atoms with Crippen molar-refractivity contribution < 1.29 is 4.92 Å². The molecule has 0 aliphatic heterocycles. The summed E-state index contributed by atoms with van der Waals surface area (Å²) < 4.78 is 0. The van der Waals surface area contributed by atoms with Gasteiger partial charge in [-0.25, -0.2) is 0 Å². The molecule has 0 heterocycles. The van der Waals surface area contributed by atoms with Gasteiger partial charge in [-0.3, -0.25) is 10.1 Å². The summed E-state index contributed by atoms with van der Waals surface area (Å²) in [5, 5.41) is 19.2. The summed E-state index contributed by atoms with van der Waals surface area (Å²) in [5.74, 6) is 0. The standard InChI is InChI=1S/C9H9N3O2/c1-11(2)9-4-3-8(12(13)14)5-7(9)6-10/h3-5H,1-2H3. The summed E-state index contributed by atoms with van der Waals surface area (Å²) >= 11 is 0. The Morgan fingerprint density at radius 2 is 2.14 bits per heavy atom. The lowest BCUT2D eigenvalue weighted by Gasteiger charge is -2.13. The first kappa shape index (κ1) is 9.99. The highest BCUT2D eigenvalue weighted by molar-refractivity contribution is 5.62. The highest BCUT2D eigenvalue weighted by atomic mass is 16.6. The van der Waals surface area contributed by atoms with Crippen LogP contribution in [0.15, 0.2) is 18.2 Å². The lowest BCUT2D eigenvalue weighted by atomic mass is 10.1. The van der Waals surface area contributed by atoms with Gasteiger partial charge in [0, 0.05) is 26.2 Å². The van der Waals surface area contributed by atoms with E-state index in [4.69, 9.17) is 5.26 Å². The monoisotopic (exact) mass is 191 g/mol. The van der Waals surface area contributed by atoms with Crippen LogP contribution in [0.4, 0.5) is 11.4 Å². The number of nitriles is 1. The van der Waals surface area contributed by atoms with E-state index in [9.17, 15) is 10.1 Å². The number of rotatable bonds is 2. The van der Waals surface area contributed by atoms with Crippen molar-refractivity contribution in [3.05, 3.63) is 33.9 Å². The maximum absolute atomic E-state index is 10.4. The lowest BCUT2D eigenvalue weighted by Crippen LogP contribution is -2.10. The van der Waals surface area contributed by atoms with Gasteiger partial charge in [-0.1, -0.05) is 0 Å². The zero-order valence-corrected chi connectivity index (χ0v) is 7.89. The van der Waals surface area contributed by atoms with Crippen molar-refractivity contribution in [1.82, 2.24) is 0 Å². The minimum atomic E-state index is -0.514. The zero-order valence-electron chi connectivity index (χ0n) is 7.89. The van der Waals surface area contributed by atoms with Gasteiger partial charge in [0.1, 0.15) is 6.07 Å². The second-order valence-corrected chi connectivity index (χ2v) is 2.96. The van der Waals surface area contributed by atoms with Gasteiger partial charge in [-0.05, 0) is 6.07 Å². The summed E-state index contributed by atoms with van der Waals surface area (Å²) in [7, 11) is 3.56. The number of nitrogens with zero attached hydrogens (tertiary/aromatic N) is 3. The van der Waals surface area contributed by atoms with E-state index in [0.717, 1.165) is 0 Å². The van der Waals surface area contributed by atoms with Crippen LogP contribution in [0.1, 0.15) is 5.56 Å². The molecule has 0 saturated carbocycles. The largest absolute Gasteiger partial charge is 0.377 e. The predicted octanol–water partition coefficient (Wildman–Crippen LogP) is 1.53. The average Bonchev–Trinajstić information content (AvgIpc) is 2.16. The fourth-order valence-corrected chi connectivity index (χ4v) is 1.12. The smallest absolute Gasteiger partial charge is 0.270 e. The van der Waals surface area contributed by atoms with Crippen LogP contribution in [-0.2, 0) is 0 Å². The van der Waals surface area contributed by atoms with Crippen LogP contribution in [0.3, 0.4) is 0 Å². The third-order valence-corrected chi connectivity index (χ3v) is 1.79. The van der Waals surface area contributed by atoms with Crippen LogP contribution < -0.4 is 4.90 Å². The van der Waals surface area contributed by atoms with E-state index in [0.29, 0.717) is 11.3 Å². The quantitative estimate of drug-likeness (QED) is 0.525. The molecule has 1 aromatic rings. The topological polar surface area (TPSA) is 70.2 Å². The maximum atomic E-state index is 10.4. The maximum Gasteiger partial charge on any atom is 0.270 e. The van der Waals surface area contributed by atoms with Crippen molar-refractivity contribution in [2.24, 2.45) is 0 Å². The molecule has 5 nitrogen and oxygen atoms in total. The van der Waals surface area contributed by atoms with E-state index < -0.39 is 4.92 Å². The molecular formula is C9H9N3O2. The SMILES string of the molecule is CN(C)c1ccc([N+](=O)[O-])cc1C#N.